The van der Waals surface area contributed by atoms with E-state index in [1.54, 1.807) is 12.3 Å². The molecule has 0 spiro atoms. The van der Waals surface area contributed by atoms with E-state index in [0.717, 1.165) is 0 Å². The van der Waals surface area contributed by atoms with Crippen molar-refractivity contribution in [2.24, 2.45) is 5.92 Å². The Hall–Kier alpha value is -1.78. The first-order chi connectivity index (χ1) is 8.40. The van der Waals surface area contributed by atoms with Crippen molar-refractivity contribution < 1.29 is 9.53 Å². The summed E-state index contributed by atoms with van der Waals surface area (Å²) in [6.45, 7) is 6.35. The standard InChI is InChI=1S/C13H21N3O2/c1-8(2)9(3)16(4)12-11(14)10(6-7-15-12)13(17)18-5/h6-9H,14H2,1-5H3. The van der Waals surface area contributed by atoms with Crippen molar-refractivity contribution in [2.45, 2.75) is 26.8 Å². The molecule has 0 saturated heterocycles. The Morgan fingerprint density at radius 3 is 2.56 bits per heavy atom. The molecule has 0 fully saturated rings. The number of nitrogen functional groups attached to an aromatic ring is 1. The lowest BCUT2D eigenvalue weighted by Crippen LogP contribution is -2.34. The number of methoxy groups -OCH3 is 1. The van der Waals surface area contributed by atoms with Crippen LogP contribution in [0.25, 0.3) is 0 Å². The molecule has 1 rings (SSSR count). The maximum atomic E-state index is 11.6. The highest BCUT2D eigenvalue weighted by Crippen LogP contribution is 2.26. The molecule has 2 N–H and O–H groups in total. The van der Waals surface area contributed by atoms with E-state index >= 15 is 0 Å². The first-order valence-electron chi connectivity index (χ1n) is 5.95. The largest absolute Gasteiger partial charge is 0.465 e. The number of aromatic nitrogens is 1. The highest BCUT2D eigenvalue weighted by Gasteiger charge is 2.20. The smallest absolute Gasteiger partial charge is 0.340 e. The van der Waals surface area contributed by atoms with Crippen LogP contribution >= 0.6 is 0 Å². The van der Waals surface area contributed by atoms with E-state index in [1.807, 2.05) is 11.9 Å². The fourth-order valence-electron chi connectivity index (χ4n) is 1.67. The van der Waals surface area contributed by atoms with Crippen LogP contribution in [0, 0.1) is 5.92 Å². The lowest BCUT2D eigenvalue weighted by atomic mass is 10.0. The molecule has 1 aromatic rings. The van der Waals surface area contributed by atoms with Crippen molar-refractivity contribution in [1.82, 2.24) is 4.98 Å². The van der Waals surface area contributed by atoms with E-state index in [4.69, 9.17) is 10.5 Å². The predicted octanol–water partition coefficient (Wildman–Crippen LogP) is 1.93. The molecule has 0 amide bonds. The SMILES string of the molecule is COC(=O)c1ccnc(N(C)C(C)C(C)C)c1N. The number of nitrogens with zero attached hydrogens (tertiary/aromatic N) is 2. The molecule has 0 bridgehead atoms. The summed E-state index contributed by atoms with van der Waals surface area (Å²) in [7, 11) is 3.26. The van der Waals surface area contributed by atoms with Crippen molar-refractivity contribution in [2.75, 3.05) is 24.8 Å². The molecule has 0 saturated carbocycles. The Kier molecular flexibility index (Phi) is 4.53. The molecule has 1 aromatic heterocycles. The molecule has 0 aliphatic rings. The maximum Gasteiger partial charge on any atom is 0.340 e. The Morgan fingerprint density at radius 1 is 1.44 bits per heavy atom. The first kappa shape index (κ1) is 14.3. The van der Waals surface area contributed by atoms with Crippen molar-refractivity contribution in [3.8, 4) is 0 Å². The third-order valence-corrected chi connectivity index (χ3v) is 3.28. The van der Waals surface area contributed by atoms with Gasteiger partial charge >= 0.3 is 5.97 Å². The van der Waals surface area contributed by atoms with Gasteiger partial charge in [-0.15, -0.1) is 0 Å². The van der Waals surface area contributed by atoms with Crippen LogP contribution in [0.2, 0.25) is 0 Å². The summed E-state index contributed by atoms with van der Waals surface area (Å²) in [6.07, 6.45) is 1.57. The average Bonchev–Trinajstić information content (AvgIpc) is 2.36. The van der Waals surface area contributed by atoms with Crippen LogP contribution in [0.1, 0.15) is 31.1 Å². The molecule has 0 aromatic carbocycles. The second-order valence-electron chi connectivity index (χ2n) is 4.68. The van der Waals surface area contributed by atoms with Gasteiger partial charge in [-0.3, -0.25) is 0 Å². The fraction of sp³-hybridized carbons (Fsp3) is 0.538. The molecule has 100 valence electrons. The zero-order valence-electron chi connectivity index (χ0n) is 11.6. The summed E-state index contributed by atoms with van der Waals surface area (Å²) in [4.78, 5) is 17.8. The number of anilines is 2. The van der Waals surface area contributed by atoms with Gasteiger partial charge in [0.1, 0.15) is 0 Å². The quantitative estimate of drug-likeness (QED) is 0.828. The summed E-state index contributed by atoms with van der Waals surface area (Å²) in [5.41, 5.74) is 6.71. The topological polar surface area (TPSA) is 68.5 Å². The van der Waals surface area contributed by atoms with Gasteiger partial charge in [0.25, 0.3) is 0 Å². The van der Waals surface area contributed by atoms with Crippen LogP contribution in [0.4, 0.5) is 11.5 Å². The molecule has 1 unspecified atom stereocenters. The van der Waals surface area contributed by atoms with Crippen molar-refractivity contribution in [3.63, 3.8) is 0 Å². The number of ether oxygens (including phenoxy) is 1. The number of rotatable bonds is 4. The van der Waals surface area contributed by atoms with Gasteiger partial charge in [0, 0.05) is 19.3 Å². The maximum absolute atomic E-state index is 11.6. The van der Waals surface area contributed by atoms with Gasteiger partial charge in [0.05, 0.1) is 18.4 Å². The Balaban J connectivity index is 3.14. The van der Waals surface area contributed by atoms with Crippen LogP contribution in [-0.2, 0) is 4.74 Å². The molecule has 18 heavy (non-hydrogen) atoms. The van der Waals surface area contributed by atoms with E-state index in [1.165, 1.54) is 7.11 Å². The number of pyridine rings is 1. The van der Waals surface area contributed by atoms with E-state index in [-0.39, 0.29) is 6.04 Å². The van der Waals surface area contributed by atoms with Gasteiger partial charge in [0.2, 0.25) is 0 Å². The fourth-order valence-corrected chi connectivity index (χ4v) is 1.67. The second-order valence-corrected chi connectivity index (χ2v) is 4.68. The number of carbonyl (C=O) groups is 1. The number of hydrogen-bond acceptors (Lipinski definition) is 5. The van der Waals surface area contributed by atoms with E-state index < -0.39 is 5.97 Å². The van der Waals surface area contributed by atoms with Crippen LogP contribution in [0.5, 0.6) is 0 Å². The second kappa shape index (κ2) is 5.71. The summed E-state index contributed by atoms with van der Waals surface area (Å²) in [5.74, 6) is 0.624. The first-order valence-corrected chi connectivity index (χ1v) is 5.95. The number of carbonyl (C=O) groups excluding carboxylic acids is 1. The van der Waals surface area contributed by atoms with E-state index in [2.05, 4.69) is 25.8 Å². The lowest BCUT2D eigenvalue weighted by molar-refractivity contribution is 0.0602. The summed E-state index contributed by atoms with van der Waals surface area (Å²) in [5, 5.41) is 0. The van der Waals surface area contributed by atoms with E-state index in [0.29, 0.717) is 23.0 Å². The molecule has 5 nitrogen and oxygen atoms in total. The highest BCUT2D eigenvalue weighted by molar-refractivity contribution is 5.97. The van der Waals surface area contributed by atoms with Gasteiger partial charge in [-0.1, -0.05) is 13.8 Å². The van der Waals surface area contributed by atoms with Gasteiger partial charge in [-0.2, -0.15) is 0 Å². The highest BCUT2D eigenvalue weighted by atomic mass is 16.5. The zero-order valence-corrected chi connectivity index (χ0v) is 11.6. The number of hydrogen-bond donors (Lipinski definition) is 1. The van der Waals surface area contributed by atoms with Crippen LogP contribution in [0.15, 0.2) is 12.3 Å². The summed E-state index contributed by atoms with van der Waals surface area (Å²) >= 11 is 0. The minimum Gasteiger partial charge on any atom is -0.465 e. The minimum atomic E-state index is -0.443. The molecular weight excluding hydrogens is 230 g/mol. The third-order valence-electron chi connectivity index (χ3n) is 3.28. The normalized spacial score (nSPS) is 12.3. The van der Waals surface area contributed by atoms with E-state index in [9.17, 15) is 4.79 Å². The monoisotopic (exact) mass is 251 g/mol. The van der Waals surface area contributed by atoms with Crippen LogP contribution in [0.3, 0.4) is 0 Å². The van der Waals surface area contributed by atoms with Gasteiger partial charge in [-0.25, -0.2) is 9.78 Å². The Bertz CT molecular complexity index is 432. The van der Waals surface area contributed by atoms with Crippen LogP contribution < -0.4 is 10.6 Å². The Labute approximate surface area is 108 Å². The molecule has 0 aliphatic carbocycles. The Morgan fingerprint density at radius 2 is 2.06 bits per heavy atom. The van der Waals surface area contributed by atoms with Crippen molar-refractivity contribution >= 4 is 17.5 Å². The molecule has 0 radical (unpaired) electrons. The van der Waals surface area contributed by atoms with Crippen LogP contribution in [-0.4, -0.2) is 31.2 Å². The summed E-state index contributed by atoms with van der Waals surface area (Å²) < 4.78 is 4.69. The third kappa shape index (κ3) is 2.72. The minimum absolute atomic E-state index is 0.271. The molecular formula is C13H21N3O2. The average molecular weight is 251 g/mol. The van der Waals surface area contributed by atoms with Crippen molar-refractivity contribution in [3.05, 3.63) is 17.8 Å². The molecule has 5 heteroatoms. The van der Waals surface area contributed by atoms with Crippen molar-refractivity contribution in [1.29, 1.82) is 0 Å². The molecule has 1 heterocycles. The van der Waals surface area contributed by atoms with Gasteiger partial charge < -0.3 is 15.4 Å². The number of nitrogens with two attached hydrogens (primary N) is 1. The number of esters is 1. The van der Waals surface area contributed by atoms with Gasteiger partial charge in [-0.05, 0) is 18.9 Å². The van der Waals surface area contributed by atoms with Gasteiger partial charge in [0.15, 0.2) is 5.82 Å². The molecule has 1 atom stereocenters. The lowest BCUT2D eigenvalue weighted by Gasteiger charge is -2.30. The summed E-state index contributed by atoms with van der Waals surface area (Å²) in [6, 6.07) is 1.84. The molecule has 0 aliphatic heterocycles. The zero-order chi connectivity index (χ0) is 13.9. The predicted molar refractivity (Wildman–Crippen MR) is 72.7 cm³/mol.